The second-order valence-corrected chi connectivity index (χ2v) is 12.7. The van der Waals surface area contributed by atoms with Crippen molar-refractivity contribution in [2.24, 2.45) is 0 Å². The Hall–Kier alpha value is -2.70. The Labute approximate surface area is 223 Å². The number of nitrogens with zero attached hydrogens (tertiary/aromatic N) is 3. The van der Waals surface area contributed by atoms with Crippen molar-refractivity contribution in [3.05, 3.63) is 51.6 Å². The van der Waals surface area contributed by atoms with Crippen LogP contribution >= 0.6 is 27.5 Å². The molecule has 0 unspecified atom stereocenters. The Morgan fingerprint density at radius 3 is 2.43 bits per heavy atom. The predicted octanol–water partition coefficient (Wildman–Crippen LogP) is 7.26. The third-order valence-electron chi connectivity index (χ3n) is 5.34. The topological polar surface area (TPSA) is 91.1 Å². The zero-order valence-corrected chi connectivity index (χ0v) is 23.1. The van der Waals surface area contributed by atoms with Crippen molar-refractivity contribution in [2.45, 2.75) is 44.4 Å². The number of fused-ring (bicyclic) bond motifs is 2. The van der Waals surface area contributed by atoms with Gasteiger partial charge in [-0.3, -0.25) is 4.98 Å². The van der Waals surface area contributed by atoms with Gasteiger partial charge in [0.25, 0.3) is 0 Å². The molecule has 196 valence electrons. The smallest absolute Gasteiger partial charge is 0.419 e. The van der Waals surface area contributed by atoms with Gasteiger partial charge in [-0.05, 0) is 45.0 Å². The number of pyridine rings is 2. The minimum atomic E-state index is -4.76. The Morgan fingerprint density at radius 1 is 1.16 bits per heavy atom. The molecule has 0 spiro atoms. The number of sulfone groups is 1. The molecule has 0 bridgehead atoms. The molecule has 3 heterocycles. The molecule has 0 amide bonds. The molecule has 37 heavy (non-hydrogen) atoms. The van der Waals surface area contributed by atoms with Crippen LogP contribution in [0.1, 0.15) is 33.3 Å². The molecule has 0 aliphatic carbocycles. The van der Waals surface area contributed by atoms with Crippen molar-refractivity contribution in [2.75, 3.05) is 5.75 Å². The quantitative estimate of drug-likeness (QED) is 0.240. The average molecular weight is 619 g/mol. The number of rotatable bonds is 3. The zero-order valence-electron chi connectivity index (χ0n) is 19.9. The van der Waals surface area contributed by atoms with Crippen LogP contribution in [0.15, 0.2) is 45.9 Å². The first-order valence-electron chi connectivity index (χ1n) is 10.9. The van der Waals surface area contributed by atoms with Gasteiger partial charge in [0.15, 0.2) is 9.84 Å². The molecule has 0 fully saturated rings. The SMILES string of the molecule is CCS(=O)(=O)c1cc2ccc(Br)cc2nc1-c1c(Cl)c2ncc(C(F)(F)F)cc2n1C(=O)OC(C)(C)C. The number of alkyl halides is 3. The highest BCUT2D eigenvalue weighted by molar-refractivity contribution is 9.10. The number of ether oxygens (including phenoxy) is 1. The largest absolute Gasteiger partial charge is 0.443 e. The number of aromatic nitrogens is 3. The lowest BCUT2D eigenvalue weighted by molar-refractivity contribution is -0.137. The van der Waals surface area contributed by atoms with Crippen LogP contribution in [0.25, 0.3) is 33.3 Å². The van der Waals surface area contributed by atoms with E-state index in [0.29, 0.717) is 27.6 Å². The first-order chi connectivity index (χ1) is 17.0. The Morgan fingerprint density at radius 2 is 1.84 bits per heavy atom. The summed E-state index contributed by atoms with van der Waals surface area (Å²) in [5.74, 6) is -0.301. The van der Waals surface area contributed by atoms with Gasteiger partial charge in [-0.25, -0.2) is 22.8 Å². The summed E-state index contributed by atoms with van der Waals surface area (Å²) in [4.78, 5) is 21.5. The monoisotopic (exact) mass is 617 g/mol. The predicted molar refractivity (Wildman–Crippen MR) is 138 cm³/mol. The van der Waals surface area contributed by atoms with E-state index in [4.69, 9.17) is 16.3 Å². The third kappa shape index (κ3) is 5.19. The van der Waals surface area contributed by atoms with E-state index in [2.05, 4.69) is 25.9 Å². The molecule has 4 aromatic rings. The Balaban J connectivity index is 2.19. The van der Waals surface area contributed by atoms with Gasteiger partial charge in [-0.1, -0.05) is 40.5 Å². The number of carbonyl (C=O) groups excluding carboxylic acids is 1. The van der Waals surface area contributed by atoms with Crippen LogP contribution in [0.2, 0.25) is 5.02 Å². The molecular formula is C24H20BrClF3N3O4S. The fraction of sp³-hybridized carbons (Fsp3) is 0.292. The van der Waals surface area contributed by atoms with E-state index in [1.54, 1.807) is 39.0 Å². The molecule has 3 aromatic heterocycles. The van der Waals surface area contributed by atoms with Crippen LogP contribution in [-0.4, -0.2) is 40.4 Å². The van der Waals surface area contributed by atoms with Crippen molar-refractivity contribution < 1.29 is 31.1 Å². The van der Waals surface area contributed by atoms with Gasteiger partial charge in [0.2, 0.25) is 0 Å². The molecule has 0 radical (unpaired) electrons. The van der Waals surface area contributed by atoms with Gasteiger partial charge in [0.05, 0.1) is 32.3 Å². The molecule has 0 atom stereocenters. The van der Waals surface area contributed by atoms with Crippen molar-refractivity contribution in [3.63, 3.8) is 0 Å². The second kappa shape index (κ2) is 9.25. The zero-order chi connectivity index (χ0) is 27.5. The summed E-state index contributed by atoms with van der Waals surface area (Å²) >= 11 is 9.95. The summed E-state index contributed by atoms with van der Waals surface area (Å²) in [6, 6.07) is 7.11. The highest BCUT2D eigenvalue weighted by atomic mass is 79.9. The molecule has 0 saturated heterocycles. The number of hydrogen-bond acceptors (Lipinski definition) is 6. The molecule has 0 saturated carbocycles. The fourth-order valence-corrected chi connectivity index (χ4v) is 5.39. The molecule has 1 aromatic carbocycles. The van der Waals surface area contributed by atoms with Crippen LogP contribution in [0.4, 0.5) is 18.0 Å². The fourth-order valence-electron chi connectivity index (χ4n) is 3.67. The average Bonchev–Trinajstić information content (AvgIpc) is 3.08. The van der Waals surface area contributed by atoms with Crippen molar-refractivity contribution in [1.29, 1.82) is 0 Å². The number of benzene rings is 1. The summed E-state index contributed by atoms with van der Waals surface area (Å²) < 4.78 is 73.8. The van der Waals surface area contributed by atoms with Gasteiger partial charge in [-0.15, -0.1) is 0 Å². The van der Waals surface area contributed by atoms with E-state index in [0.717, 1.165) is 4.57 Å². The Bertz CT molecular complexity index is 1680. The van der Waals surface area contributed by atoms with E-state index in [-0.39, 0.29) is 38.1 Å². The lowest BCUT2D eigenvalue weighted by atomic mass is 10.1. The van der Waals surface area contributed by atoms with Crippen molar-refractivity contribution >= 4 is 65.4 Å². The molecule has 0 N–H and O–H groups in total. The van der Waals surface area contributed by atoms with Gasteiger partial charge in [-0.2, -0.15) is 13.2 Å². The van der Waals surface area contributed by atoms with Crippen LogP contribution < -0.4 is 0 Å². The van der Waals surface area contributed by atoms with Gasteiger partial charge >= 0.3 is 12.3 Å². The number of halogens is 5. The molecular weight excluding hydrogens is 599 g/mol. The second-order valence-electron chi connectivity index (χ2n) is 9.14. The minimum absolute atomic E-state index is 0.147. The van der Waals surface area contributed by atoms with E-state index < -0.39 is 33.3 Å². The number of hydrogen-bond donors (Lipinski definition) is 0. The highest BCUT2D eigenvalue weighted by Gasteiger charge is 2.35. The summed E-state index contributed by atoms with van der Waals surface area (Å²) in [5, 5.41) is 0.247. The first kappa shape index (κ1) is 27.3. The van der Waals surface area contributed by atoms with Crippen LogP contribution in [0.3, 0.4) is 0 Å². The van der Waals surface area contributed by atoms with Gasteiger partial charge in [0.1, 0.15) is 22.5 Å². The molecule has 7 nitrogen and oxygen atoms in total. The van der Waals surface area contributed by atoms with Crippen LogP contribution in [-0.2, 0) is 20.8 Å². The molecule has 13 heteroatoms. The maximum absolute atomic E-state index is 13.5. The van der Waals surface area contributed by atoms with Gasteiger partial charge < -0.3 is 4.74 Å². The molecule has 0 aliphatic rings. The van der Waals surface area contributed by atoms with E-state index in [9.17, 15) is 26.4 Å². The molecule has 4 rings (SSSR count). The van der Waals surface area contributed by atoms with E-state index >= 15 is 0 Å². The maximum atomic E-state index is 13.5. The lowest BCUT2D eigenvalue weighted by Crippen LogP contribution is -2.27. The Kier molecular flexibility index (Phi) is 6.83. The minimum Gasteiger partial charge on any atom is -0.443 e. The van der Waals surface area contributed by atoms with Crippen LogP contribution in [0, 0.1) is 0 Å². The maximum Gasteiger partial charge on any atom is 0.419 e. The highest BCUT2D eigenvalue weighted by Crippen LogP contribution is 2.42. The number of carbonyl (C=O) groups is 1. The molecule has 0 aliphatic heterocycles. The first-order valence-corrected chi connectivity index (χ1v) is 13.7. The normalized spacial score (nSPS) is 12.9. The van der Waals surface area contributed by atoms with Crippen molar-refractivity contribution in [3.8, 4) is 11.4 Å². The third-order valence-corrected chi connectivity index (χ3v) is 7.93. The van der Waals surface area contributed by atoms with Crippen LogP contribution in [0.5, 0.6) is 0 Å². The van der Waals surface area contributed by atoms with Crippen molar-refractivity contribution in [1.82, 2.24) is 14.5 Å². The van der Waals surface area contributed by atoms with E-state index in [1.165, 1.54) is 13.0 Å². The summed E-state index contributed by atoms with van der Waals surface area (Å²) in [7, 11) is -3.94. The van der Waals surface area contributed by atoms with Gasteiger partial charge in [0, 0.05) is 16.1 Å². The summed E-state index contributed by atoms with van der Waals surface area (Å²) in [6.07, 6.45) is -5.25. The van der Waals surface area contributed by atoms with E-state index in [1.807, 2.05) is 0 Å². The summed E-state index contributed by atoms with van der Waals surface area (Å²) in [6.45, 7) is 6.18. The standard InChI is InChI=1S/C24H20BrClF3N3O4S/c1-5-37(34,35)17-8-12-6-7-14(25)10-15(12)31-20(17)21-18(26)19-16(9-13(11-30-19)24(27,28)29)32(21)22(33)36-23(2,3)4/h6-11H,5H2,1-4H3. The summed E-state index contributed by atoms with van der Waals surface area (Å²) in [5.41, 5.74) is -2.71. The lowest BCUT2D eigenvalue weighted by Gasteiger charge is -2.21.